The summed E-state index contributed by atoms with van der Waals surface area (Å²) in [4.78, 5) is 44.4. The van der Waals surface area contributed by atoms with Gasteiger partial charge in [-0.25, -0.2) is 18.6 Å². The highest BCUT2D eigenvalue weighted by Gasteiger charge is 2.30. The van der Waals surface area contributed by atoms with Crippen LogP contribution in [0.3, 0.4) is 0 Å². The summed E-state index contributed by atoms with van der Waals surface area (Å²) in [5.41, 5.74) is -0.442. The van der Waals surface area contributed by atoms with E-state index in [1.165, 1.54) is 6.20 Å². The topological polar surface area (TPSA) is 166 Å². The van der Waals surface area contributed by atoms with Crippen molar-refractivity contribution < 1.29 is 38.1 Å². The molecule has 13 heteroatoms. The van der Waals surface area contributed by atoms with Gasteiger partial charge < -0.3 is 25.2 Å². The Morgan fingerprint density at radius 2 is 1.92 bits per heavy atom. The molecule has 1 unspecified atom stereocenters. The van der Waals surface area contributed by atoms with Crippen LogP contribution in [0.5, 0.6) is 5.75 Å². The van der Waals surface area contributed by atoms with Gasteiger partial charge in [0.2, 0.25) is 0 Å². The molecule has 11 nitrogen and oxygen atoms in total. The van der Waals surface area contributed by atoms with Gasteiger partial charge in [-0.05, 0) is 18.6 Å². The molecule has 3 rings (SSSR count). The van der Waals surface area contributed by atoms with Gasteiger partial charge in [0.1, 0.15) is 24.0 Å². The van der Waals surface area contributed by atoms with Gasteiger partial charge in [0.25, 0.3) is 5.91 Å². The van der Waals surface area contributed by atoms with Crippen molar-refractivity contribution >= 4 is 40.4 Å². The smallest absolute Gasteiger partial charge is 0.326 e. The van der Waals surface area contributed by atoms with E-state index in [1.54, 1.807) is 24.3 Å². The highest BCUT2D eigenvalue weighted by atomic mass is 19.1. The minimum Gasteiger partial charge on any atom is -0.493 e. The number of carbonyl (C=O) groups is 3. The third-order valence-electron chi connectivity index (χ3n) is 5.07. The average molecular weight is 499 g/mol. The molecule has 3 aromatic rings. The summed E-state index contributed by atoms with van der Waals surface area (Å²) in [7, 11) is 0.974. The van der Waals surface area contributed by atoms with Crippen LogP contribution in [0.25, 0.3) is 11.0 Å². The number of nitrogens with zero attached hydrogens (tertiary/aromatic N) is 4. The van der Waals surface area contributed by atoms with Gasteiger partial charge in [-0.15, -0.1) is 0 Å². The van der Waals surface area contributed by atoms with E-state index in [2.05, 4.69) is 9.97 Å². The van der Waals surface area contributed by atoms with E-state index in [-0.39, 0.29) is 5.82 Å². The zero-order valence-electron chi connectivity index (χ0n) is 18.7. The van der Waals surface area contributed by atoms with E-state index in [4.69, 9.17) is 9.84 Å². The van der Waals surface area contributed by atoms with E-state index in [1.807, 2.05) is 11.4 Å². The first-order valence-corrected chi connectivity index (χ1v) is 10.4. The summed E-state index contributed by atoms with van der Waals surface area (Å²) in [6.07, 6.45) is 0.196. The molecule has 0 bridgehead atoms. The molecule has 1 atom stereocenters. The quantitative estimate of drug-likeness (QED) is 0.353. The first-order valence-electron chi connectivity index (χ1n) is 10.4. The minimum atomic E-state index is -1.68. The van der Waals surface area contributed by atoms with E-state index in [0.717, 1.165) is 12.0 Å². The number of anilines is 2. The molecule has 0 saturated carbocycles. The monoisotopic (exact) mass is 499 g/mol. The van der Waals surface area contributed by atoms with Crippen LogP contribution in [0, 0.1) is 23.0 Å². The van der Waals surface area contributed by atoms with E-state index < -0.39 is 71.9 Å². The molecule has 0 saturated heterocycles. The molecular formula is C23H19F2N5O6. The summed E-state index contributed by atoms with van der Waals surface area (Å²) in [6.45, 7) is -0.464. The number of para-hydroxylation sites is 2. The molecule has 0 aliphatic heterocycles. The molecule has 0 fully saturated rings. The first kappa shape index (κ1) is 25.8. The van der Waals surface area contributed by atoms with Gasteiger partial charge in [0, 0.05) is 12.5 Å². The van der Waals surface area contributed by atoms with E-state index in [9.17, 15) is 24.8 Å². The lowest BCUT2D eigenvalue weighted by Crippen LogP contribution is -2.41. The molecule has 0 spiro atoms. The number of carboxylic acid groups (broad SMARTS) is 2. The Balaban J connectivity index is 2.04. The third kappa shape index (κ3) is 5.44. The van der Waals surface area contributed by atoms with Crippen LogP contribution in [-0.4, -0.2) is 57.7 Å². The molecular weight excluding hydrogens is 480 g/mol. The van der Waals surface area contributed by atoms with Gasteiger partial charge in [-0.3, -0.25) is 14.6 Å². The van der Waals surface area contributed by atoms with Crippen LogP contribution in [0.2, 0.25) is 0 Å². The van der Waals surface area contributed by atoms with Crippen LogP contribution in [0.4, 0.5) is 20.3 Å². The summed E-state index contributed by atoms with van der Waals surface area (Å²) in [5, 5.41) is 29.3. The van der Waals surface area contributed by atoms with Crippen LogP contribution in [0.1, 0.15) is 23.2 Å². The molecule has 2 aromatic carbocycles. The Hall–Kier alpha value is -4.86. The number of carbonyl (C=O) groups excluding carboxylic acids is 1. The normalized spacial score (nSPS) is 11.4. The predicted molar refractivity (Wildman–Crippen MR) is 121 cm³/mol. The van der Waals surface area contributed by atoms with Crippen molar-refractivity contribution in [1.82, 2.24) is 15.3 Å². The molecule has 186 valence electrons. The highest BCUT2D eigenvalue weighted by molar-refractivity contribution is 6.00. The second kappa shape index (κ2) is 11.0. The Labute approximate surface area is 202 Å². The fourth-order valence-corrected chi connectivity index (χ4v) is 3.38. The molecule has 0 aliphatic carbocycles. The van der Waals surface area contributed by atoms with Crippen LogP contribution >= 0.6 is 0 Å². The van der Waals surface area contributed by atoms with Crippen LogP contribution in [-0.2, 0) is 9.59 Å². The second-order valence-electron chi connectivity index (χ2n) is 7.36. The van der Waals surface area contributed by atoms with Gasteiger partial charge in [-0.1, -0.05) is 12.1 Å². The van der Waals surface area contributed by atoms with Gasteiger partial charge in [-0.2, -0.15) is 5.26 Å². The fraction of sp³-hybridized carbons (Fsp3) is 0.217. The predicted octanol–water partition coefficient (Wildman–Crippen LogP) is 2.63. The number of aromatic nitrogens is 2. The highest BCUT2D eigenvalue weighted by Crippen LogP contribution is 2.36. The zero-order valence-corrected chi connectivity index (χ0v) is 18.7. The maximum atomic E-state index is 15.5. The lowest BCUT2D eigenvalue weighted by atomic mass is 10.1. The minimum absolute atomic E-state index is 0.0208. The number of carboxylic acids is 2. The summed E-state index contributed by atoms with van der Waals surface area (Å²) in [6, 6.07) is 7.58. The molecule has 36 heavy (non-hydrogen) atoms. The number of rotatable bonds is 10. The summed E-state index contributed by atoms with van der Waals surface area (Å²) in [5.74, 6) is -7.51. The number of ether oxygens (including phenoxy) is 1. The number of nitrogens with one attached hydrogen (secondary N) is 1. The number of fused-ring (bicyclic) bond motifs is 1. The van der Waals surface area contributed by atoms with Crippen molar-refractivity contribution in [1.29, 1.82) is 5.26 Å². The number of benzene rings is 2. The van der Waals surface area contributed by atoms with Crippen molar-refractivity contribution in [3.05, 3.63) is 53.7 Å². The number of halogens is 2. The zero-order chi connectivity index (χ0) is 26.4. The Kier molecular flexibility index (Phi) is 7.90. The maximum absolute atomic E-state index is 15.5. The molecule has 1 heterocycles. The number of hydrogen-bond donors (Lipinski definition) is 3. The summed E-state index contributed by atoms with van der Waals surface area (Å²) >= 11 is 0. The number of amides is 1. The van der Waals surface area contributed by atoms with Crippen molar-refractivity contribution in [2.75, 3.05) is 18.6 Å². The Morgan fingerprint density at radius 3 is 2.53 bits per heavy atom. The number of nitriles is 1. The number of hydrogen-bond acceptors (Lipinski definition) is 8. The summed E-state index contributed by atoms with van der Waals surface area (Å²) < 4.78 is 35.6. The molecule has 0 aliphatic rings. The first-order chi connectivity index (χ1) is 17.2. The van der Waals surface area contributed by atoms with Crippen molar-refractivity contribution in [3.8, 4) is 11.8 Å². The van der Waals surface area contributed by atoms with E-state index in [0.29, 0.717) is 17.1 Å². The van der Waals surface area contributed by atoms with Gasteiger partial charge in [0.15, 0.2) is 17.4 Å². The second-order valence-corrected chi connectivity index (χ2v) is 7.36. The number of methoxy groups -OCH3 is 1. The van der Waals surface area contributed by atoms with Gasteiger partial charge >= 0.3 is 11.9 Å². The fourth-order valence-electron chi connectivity index (χ4n) is 3.38. The molecule has 0 radical (unpaired) electrons. The maximum Gasteiger partial charge on any atom is 0.326 e. The molecule has 1 aromatic heterocycles. The van der Waals surface area contributed by atoms with Crippen molar-refractivity contribution in [2.24, 2.45) is 0 Å². The lowest BCUT2D eigenvalue weighted by Gasteiger charge is -2.23. The van der Waals surface area contributed by atoms with Crippen LogP contribution < -0.4 is 15.0 Å². The lowest BCUT2D eigenvalue weighted by molar-refractivity contribution is -0.140. The Morgan fingerprint density at radius 1 is 1.22 bits per heavy atom. The van der Waals surface area contributed by atoms with E-state index >= 15 is 8.78 Å². The largest absolute Gasteiger partial charge is 0.493 e. The van der Waals surface area contributed by atoms with Crippen LogP contribution in [0.15, 0.2) is 36.5 Å². The van der Waals surface area contributed by atoms with Crippen molar-refractivity contribution in [2.45, 2.75) is 18.9 Å². The van der Waals surface area contributed by atoms with Crippen molar-refractivity contribution in [3.63, 3.8) is 0 Å². The number of aliphatic carboxylic acids is 2. The van der Waals surface area contributed by atoms with Gasteiger partial charge in [0.05, 0.1) is 36.1 Å². The Bertz CT molecular complexity index is 1380. The third-order valence-corrected chi connectivity index (χ3v) is 5.07. The average Bonchev–Trinajstić information content (AvgIpc) is 2.85. The standard InChI is InChI=1S/C23H19F2N5O6/c1-36-21-19(22(33)29-15(23(34)35)6-7-18(31)32)12(24)10-16(20(21)25)30(9-8-26)17-11-27-13-4-2-3-5-14(13)28-17/h2-5,10-11,15H,6-7,9H2,1H3,(H,29,33)(H,31,32)(H,34,35). The SMILES string of the molecule is COc1c(F)c(N(CC#N)c2cnc3ccccc3n2)cc(F)c1C(=O)NC(CCC(=O)O)C(=O)O. The molecule has 3 N–H and O–H groups in total. The molecule has 1 amide bonds.